The van der Waals surface area contributed by atoms with Gasteiger partial charge in [-0.05, 0) is 46.1 Å². The molecule has 1 rings (SSSR count). The van der Waals surface area contributed by atoms with E-state index in [-0.39, 0.29) is 6.03 Å². The highest BCUT2D eigenvalue weighted by Gasteiger charge is 2.40. The Morgan fingerprint density at radius 3 is 2.24 bits per heavy atom. The first-order valence-electron chi connectivity index (χ1n) is 7.04. The number of ether oxygens (including phenoxy) is 1. The highest BCUT2D eigenvalue weighted by atomic mass is 32.2. The van der Waals surface area contributed by atoms with Crippen molar-refractivity contribution >= 4 is 23.8 Å². The van der Waals surface area contributed by atoms with Crippen LogP contribution in [0.1, 0.15) is 34.1 Å². The highest BCUT2D eigenvalue weighted by molar-refractivity contribution is 7.98. The van der Waals surface area contributed by atoms with Crippen LogP contribution in [0.2, 0.25) is 0 Å². The molecule has 1 aliphatic rings. The van der Waals surface area contributed by atoms with Gasteiger partial charge in [0.2, 0.25) is 0 Å². The van der Waals surface area contributed by atoms with Gasteiger partial charge in [0.25, 0.3) is 0 Å². The molecule has 1 aliphatic heterocycles. The van der Waals surface area contributed by atoms with Crippen LogP contribution in [0.15, 0.2) is 0 Å². The molecular weight excluding hydrogens is 292 g/mol. The number of carbonyl (C=O) groups excluding carboxylic acids is 1. The van der Waals surface area contributed by atoms with Gasteiger partial charge in [-0.15, -0.1) is 0 Å². The van der Waals surface area contributed by atoms with E-state index in [2.05, 4.69) is 5.32 Å². The highest BCUT2D eigenvalue weighted by Crippen LogP contribution is 2.28. The maximum atomic E-state index is 12.3. The smallest absolute Gasteiger partial charge is 0.326 e. The van der Waals surface area contributed by atoms with Gasteiger partial charge >= 0.3 is 12.0 Å². The van der Waals surface area contributed by atoms with E-state index in [1.54, 1.807) is 16.7 Å². The molecule has 2 N–H and O–H groups in total. The Hall–Kier alpha value is -0.950. The maximum Gasteiger partial charge on any atom is 0.326 e. The number of hydrogen-bond acceptors (Lipinski definition) is 4. The van der Waals surface area contributed by atoms with E-state index < -0.39 is 23.2 Å². The average Bonchev–Trinajstić information content (AvgIpc) is 2.29. The van der Waals surface area contributed by atoms with Crippen molar-refractivity contribution < 1.29 is 19.4 Å². The number of morpholine rings is 1. The number of carbonyl (C=O) groups is 2. The van der Waals surface area contributed by atoms with Crippen molar-refractivity contribution in [3.63, 3.8) is 0 Å². The third kappa shape index (κ3) is 5.74. The van der Waals surface area contributed by atoms with E-state index in [0.29, 0.717) is 25.3 Å². The molecule has 0 aromatic rings. The van der Waals surface area contributed by atoms with E-state index in [0.717, 1.165) is 0 Å². The molecule has 1 heterocycles. The van der Waals surface area contributed by atoms with E-state index in [1.807, 2.05) is 34.0 Å². The first-order valence-corrected chi connectivity index (χ1v) is 8.43. The van der Waals surface area contributed by atoms with Gasteiger partial charge in [0.1, 0.15) is 6.04 Å². The quantitative estimate of drug-likeness (QED) is 0.808. The van der Waals surface area contributed by atoms with E-state index in [1.165, 1.54) is 0 Å². The number of nitrogens with one attached hydrogen (secondary N) is 1. The minimum Gasteiger partial charge on any atom is -0.480 e. The van der Waals surface area contributed by atoms with E-state index in [9.17, 15) is 14.7 Å². The Bertz CT molecular complexity index is 382. The lowest BCUT2D eigenvalue weighted by molar-refractivity contribution is -0.170. The lowest BCUT2D eigenvalue weighted by Crippen LogP contribution is -2.61. The van der Waals surface area contributed by atoms with Gasteiger partial charge in [-0.25, -0.2) is 9.59 Å². The fourth-order valence-corrected chi connectivity index (χ4v) is 3.14. The van der Waals surface area contributed by atoms with Gasteiger partial charge in [-0.3, -0.25) is 0 Å². The predicted octanol–water partition coefficient (Wildman–Crippen LogP) is 1.79. The van der Waals surface area contributed by atoms with Gasteiger partial charge < -0.3 is 20.1 Å². The minimum atomic E-state index is -0.996. The van der Waals surface area contributed by atoms with Gasteiger partial charge in [0, 0.05) is 0 Å². The van der Waals surface area contributed by atoms with E-state index >= 15 is 0 Å². The molecule has 122 valence electrons. The maximum absolute atomic E-state index is 12.3. The van der Waals surface area contributed by atoms with Crippen molar-refractivity contribution in [1.29, 1.82) is 0 Å². The molecule has 0 bridgehead atoms. The van der Waals surface area contributed by atoms with Crippen molar-refractivity contribution in [1.82, 2.24) is 10.2 Å². The minimum absolute atomic E-state index is 0.340. The molecule has 0 radical (unpaired) electrons. The van der Waals surface area contributed by atoms with E-state index in [4.69, 9.17) is 4.74 Å². The molecule has 6 nitrogen and oxygen atoms in total. The van der Waals surface area contributed by atoms with Crippen molar-refractivity contribution in [3.05, 3.63) is 0 Å². The number of hydrogen-bond donors (Lipinski definition) is 2. The number of carboxylic acid groups (broad SMARTS) is 1. The van der Waals surface area contributed by atoms with Gasteiger partial charge in [0.05, 0.1) is 24.3 Å². The molecule has 0 saturated carbocycles. The average molecular weight is 318 g/mol. The van der Waals surface area contributed by atoms with Gasteiger partial charge in [-0.1, -0.05) is 0 Å². The fraction of sp³-hybridized carbons (Fsp3) is 0.857. The third-order valence-electron chi connectivity index (χ3n) is 3.19. The molecule has 1 saturated heterocycles. The monoisotopic (exact) mass is 318 g/mol. The zero-order chi connectivity index (χ0) is 16.3. The summed E-state index contributed by atoms with van der Waals surface area (Å²) in [5, 5.41) is 11.8. The van der Waals surface area contributed by atoms with Crippen LogP contribution in [0.4, 0.5) is 4.79 Å². The Labute approximate surface area is 130 Å². The number of nitrogens with zero attached hydrogens (tertiary/aromatic N) is 1. The summed E-state index contributed by atoms with van der Waals surface area (Å²) in [6, 6.07) is -1.19. The zero-order valence-electron chi connectivity index (χ0n) is 13.4. The Morgan fingerprint density at radius 2 is 1.81 bits per heavy atom. The molecule has 1 unspecified atom stereocenters. The number of aliphatic carboxylic acids is 1. The fourth-order valence-electron chi connectivity index (χ4n) is 2.66. The summed E-state index contributed by atoms with van der Waals surface area (Å²) in [6.45, 7) is 8.59. The largest absolute Gasteiger partial charge is 0.480 e. The molecule has 21 heavy (non-hydrogen) atoms. The number of rotatable bonds is 5. The second-order valence-electron chi connectivity index (χ2n) is 6.60. The Morgan fingerprint density at radius 1 is 1.29 bits per heavy atom. The van der Waals surface area contributed by atoms with Crippen LogP contribution < -0.4 is 5.32 Å². The number of amides is 2. The Kier molecular flexibility index (Phi) is 5.92. The molecule has 0 aromatic carbocycles. The first-order chi connectivity index (χ1) is 9.56. The van der Waals surface area contributed by atoms with Crippen LogP contribution in [0.3, 0.4) is 0 Å². The lowest BCUT2D eigenvalue weighted by Gasteiger charge is -2.47. The van der Waals surface area contributed by atoms with Gasteiger partial charge in [-0.2, -0.15) is 11.8 Å². The molecule has 7 heteroatoms. The summed E-state index contributed by atoms with van der Waals surface area (Å²) in [7, 11) is 0. The van der Waals surface area contributed by atoms with Crippen LogP contribution in [-0.2, 0) is 9.53 Å². The van der Waals surface area contributed by atoms with Crippen LogP contribution in [-0.4, -0.2) is 64.3 Å². The molecule has 0 spiro atoms. The number of urea groups is 1. The van der Waals surface area contributed by atoms with Crippen molar-refractivity contribution in [2.75, 3.05) is 25.1 Å². The lowest BCUT2D eigenvalue weighted by atomic mass is 9.99. The second-order valence-corrected chi connectivity index (χ2v) is 7.58. The van der Waals surface area contributed by atoms with Crippen LogP contribution in [0, 0.1) is 0 Å². The number of thioether (sulfide) groups is 1. The Balaban J connectivity index is 2.70. The predicted molar refractivity (Wildman–Crippen MR) is 83.8 cm³/mol. The molecular formula is C14H26N2O4S. The number of carboxylic acids is 1. The first kappa shape index (κ1) is 18.1. The molecule has 1 atom stereocenters. The summed E-state index contributed by atoms with van der Waals surface area (Å²) in [4.78, 5) is 25.2. The van der Waals surface area contributed by atoms with Crippen LogP contribution >= 0.6 is 11.8 Å². The molecule has 0 aliphatic carbocycles. The van der Waals surface area contributed by atoms with Crippen LogP contribution in [0.25, 0.3) is 0 Å². The zero-order valence-corrected chi connectivity index (χ0v) is 14.2. The molecule has 1 fully saturated rings. The second kappa shape index (κ2) is 6.87. The topological polar surface area (TPSA) is 78.9 Å². The van der Waals surface area contributed by atoms with Crippen molar-refractivity contribution in [2.45, 2.75) is 51.4 Å². The third-order valence-corrected chi connectivity index (χ3v) is 3.83. The summed E-state index contributed by atoms with van der Waals surface area (Å²) >= 11 is 1.56. The standard InChI is InChI=1S/C14H26N2O4S/c1-13(2)8-16(9-14(3,4)20-13)12(19)15-10(11(17)18)6-7-21-5/h10H,6-9H2,1-5H3,(H,15,19)(H,17,18). The SMILES string of the molecule is CSCCC(NC(=O)N1CC(C)(C)OC(C)(C)C1)C(=O)O. The van der Waals surface area contributed by atoms with Crippen molar-refractivity contribution in [3.8, 4) is 0 Å². The van der Waals surface area contributed by atoms with Crippen LogP contribution in [0.5, 0.6) is 0 Å². The summed E-state index contributed by atoms with van der Waals surface area (Å²) in [6.07, 6.45) is 2.33. The molecule has 2 amide bonds. The normalized spacial score (nSPS) is 21.7. The summed E-state index contributed by atoms with van der Waals surface area (Å²) in [5.41, 5.74) is -0.895. The summed E-state index contributed by atoms with van der Waals surface area (Å²) in [5.74, 6) is -0.304. The molecule has 0 aromatic heterocycles. The van der Waals surface area contributed by atoms with Gasteiger partial charge in [0.15, 0.2) is 0 Å². The summed E-state index contributed by atoms with van der Waals surface area (Å²) < 4.78 is 5.92. The van der Waals surface area contributed by atoms with Crippen molar-refractivity contribution in [2.24, 2.45) is 0 Å².